The Morgan fingerprint density at radius 3 is 2.11 bits per heavy atom. The number of ether oxygens (including phenoxy) is 1. The van der Waals surface area contributed by atoms with Crippen molar-refractivity contribution in [2.75, 3.05) is 19.7 Å². The number of rotatable bonds is 4. The minimum atomic E-state index is 0. The van der Waals surface area contributed by atoms with E-state index in [1.54, 1.807) is 0 Å². The molecule has 0 amide bonds. The zero-order chi connectivity index (χ0) is 12.1. The number of nitrogens with two attached hydrogens (primary N) is 1. The van der Waals surface area contributed by atoms with Crippen LogP contribution >= 0.6 is 24.8 Å². The lowest BCUT2D eigenvalue weighted by atomic mass is 9.90. The first-order valence-corrected chi connectivity index (χ1v) is 7.40. The van der Waals surface area contributed by atoms with E-state index in [9.17, 15) is 0 Å². The first kappa shape index (κ1) is 19.5. The minimum absolute atomic E-state index is 0. The molecule has 0 atom stereocenters. The fraction of sp³-hybridized carbons (Fsp3) is 1.00. The largest absolute Gasteiger partial charge is 0.378 e. The van der Waals surface area contributed by atoms with Gasteiger partial charge in [-0.3, -0.25) is 0 Å². The van der Waals surface area contributed by atoms with E-state index in [4.69, 9.17) is 10.5 Å². The molecule has 0 aromatic rings. The lowest BCUT2D eigenvalue weighted by molar-refractivity contribution is 0.00398. The SMILES string of the molecule is CCCO[C@H]1CC[C@H](N2CCC(N)CC2)CC1.Cl.Cl. The van der Waals surface area contributed by atoms with Crippen molar-refractivity contribution in [2.24, 2.45) is 5.73 Å². The topological polar surface area (TPSA) is 38.5 Å². The molecule has 1 aliphatic heterocycles. The van der Waals surface area contributed by atoms with Crippen LogP contribution in [0.1, 0.15) is 51.9 Å². The first-order valence-electron chi connectivity index (χ1n) is 7.40. The molecule has 2 aliphatic rings. The number of piperidine rings is 1. The minimum Gasteiger partial charge on any atom is -0.378 e. The molecule has 2 fully saturated rings. The Morgan fingerprint density at radius 1 is 1.00 bits per heavy atom. The Labute approximate surface area is 130 Å². The van der Waals surface area contributed by atoms with Crippen molar-refractivity contribution in [1.29, 1.82) is 0 Å². The predicted octanol–water partition coefficient (Wildman–Crippen LogP) is 2.99. The lowest BCUT2D eigenvalue weighted by Crippen LogP contribution is -2.46. The summed E-state index contributed by atoms with van der Waals surface area (Å²) in [7, 11) is 0. The van der Waals surface area contributed by atoms with Gasteiger partial charge < -0.3 is 15.4 Å². The predicted molar refractivity (Wildman–Crippen MR) is 85.6 cm³/mol. The molecule has 1 saturated heterocycles. The third kappa shape index (κ3) is 6.17. The smallest absolute Gasteiger partial charge is 0.0576 e. The van der Waals surface area contributed by atoms with Crippen molar-refractivity contribution in [3.05, 3.63) is 0 Å². The third-order valence-electron chi connectivity index (χ3n) is 4.29. The quantitative estimate of drug-likeness (QED) is 0.867. The maximum absolute atomic E-state index is 5.96. The number of likely N-dealkylation sites (tertiary alicyclic amines) is 1. The average Bonchev–Trinajstić information content (AvgIpc) is 2.38. The van der Waals surface area contributed by atoms with Crippen LogP contribution in [0.5, 0.6) is 0 Å². The second kappa shape index (κ2) is 10.2. The van der Waals surface area contributed by atoms with E-state index in [2.05, 4.69) is 11.8 Å². The van der Waals surface area contributed by atoms with Gasteiger partial charge in [-0.15, -0.1) is 24.8 Å². The van der Waals surface area contributed by atoms with Gasteiger partial charge in [0.05, 0.1) is 6.10 Å². The van der Waals surface area contributed by atoms with Gasteiger partial charge in [-0.1, -0.05) is 6.92 Å². The molecular weight excluding hydrogens is 283 g/mol. The zero-order valence-electron chi connectivity index (χ0n) is 12.1. The van der Waals surface area contributed by atoms with E-state index < -0.39 is 0 Å². The van der Waals surface area contributed by atoms with Crippen LogP contribution in [-0.2, 0) is 4.74 Å². The zero-order valence-corrected chi connectivity index (χ0v) is 13.7. The summed E-state index contributed by atoms with van der Waals surface area (Å²) in [6.45, 7) is 5.55. The first-order chi connectivity index (χ1) is 8.29. The van der Waals surface area contributed by atoms with Crippen LogP contribution in [0.2, 0.25) is 0 Å². The third-order valence-corrected chi connectivity index (χ3v) is 4.29. The van der Waals surface area contributed by atoms with E-state index in [1.165, 1.54) is 51.6 Å². The molecule has 0 aromatic carbocycles. The van der Waals surface area contributed by atoms with Gasteiger partial charge in [-0.2, -0.15) is 0 Å². The van der Waals surface area contributed by atoms with Gasteiger partial charge in [0.15, 0.2) is 0 Å². The number of halogens is 2. The van der Waals surface area contributed by atoms with Crippen LogP contribution in [0, 0.1) is 0 Å². The molecule has 19 heavy (non-hydrogen) atoms. The van der Waals surface area contributed by atoms with Crippen molar-refractivity contribution in [3.8, 4) is 0 Å². The van der Waals surface area contributed by atoms with E-state index in [0.29, 0.717) is 12.1 Å². The number of nitrogens with zero attached hydrogens (tertiary/aromatic N) is 1. The van der Waals surface area contributed by atoms with Crippen molar-refractivity contribution < 1.29 is 4.74 Å². The Kier molecular flexibility index (Phi) is 10.5. The molecule has 0 spiro atoms. The van der Waals surface area contributed by atoms with Crippen molar-refractivity contribution >= 4 is 24.8 Å². The van der Waals surface area contributed by atoms with Gasteiger partial charge in [-0.05, 0) is 58.0 Å². The summed E-state index contributed by atoms with van der Waals surface area (Å²) in [5.41, 5.74) is 5.96. The highest BCUT2D eigenvalue weighted by molar-refractivity contribution is 5.85. The van der Waals surface area contributed by atoms with Crippen molar-refractivity contribution in [2.45, 2.75) is 70.1 Å². The van der Waals surface area contributed by atoms with Gasteiger partial charge in [0.25, 0.3) is 0 Å². The Bertz CT molecular complexity index is 215. The Hall–Kier alpha value is 0.460. The van der Waals surface area contributed by atoms with Gasteiger partial charge in [0.2, 0.25) is 0 Å². The van der Waals surface area contributed by atoms with E-state index in [1.807, 2.05) is 0 Å². The van der Waals surface area contributed by atoms with Crippen LogP contribution < -0.4 is 5.73 Å². The molecule has 116 valence electrons. The monoisotopic (exact) mass is 312 g/mol. The van der Waals surface area contributed by atoms with Gasteiger partial charge in [0.1, 0.15) is 0 Å². The van der Waals surface area contributed by atoms with Crippen LogP contribution in [0.3, 0.4) is 0 Å². The van der Waals surface area contributed by atoms with Crippen LogP contribution in [0.15, 0.2) is 0 Å². The van der Waals surface area contributed by atoms with Crippen molar-refractivity contribution in [3.63, 3.8) is 0 Å². The number of hydrogen-bond acceptors (Lipinski definition) is 3. The Morgan fingerprint density at radius 2 is 1.58 bits per heavy atom. The van der Waals surface area contributed by atoms with Gasteiger partial charge in [0, 0.05) is 18.7 Å². The Balaban J connectivity index is 0.00000162. The summed E-state index contributed by atoms with van der Waals surface area (Å²) in [4.78, 5) is 2.67. The summed E-state index contributed by atoms with van der Waals surface area (Å²) >= 11 is 0. The molecule has 0 aromatic heterocycles. The normalized spacial score (nSPS) is 29.4. The molecule has 1 aliphatic carbocycles. The molecule has 0 radical (unpaired) electrons. The van der Waals surface area contributed by atoms with Gasteiger partial charge >= 0.3 is 0 Å². The van der Waals surface area contributed by atoms with Crippen LogP contribution in [0.25, 0.3) is 0 Å². The lowest BCUT2D eigenvalue weighted by Gasteiger charge is -2.40. The molecule has 1 heterocycles. The summed E-state index contributed by atoms with van der Waals surface area (Å²) < 4.78 is 5.85. The van der Waals surface area contributed by atoms with Crippen LogP contribution in [0.4, 0.5) is 0 Å². The average molecular weight is 313 g/mol. The number of hydrogen-bond donors (Lipinski definition) is 1. The molecule has 2 N–H and O–H groups in total. The van der Waals surface area contributed by atoms with E-state index in [-0.39, 0.29) is 24.8 Å². The fourth-order valence-corrected chi connectivity index (χ4v) is 3.15. The highest BCUT2D eigenvalue weighted by atomic mass is 35.5. The maximum atomic E-state index is 5.96. The molecule has 1 saturated carbocycles. The highest BCUT2D eigenvalue weighted by Gasteiger charge is 2.28. The van der Waals surface area contributed by atoms with Gasteiger partial charge in [-0.25, -0.2) is 0 Å². The molecule has 0 bridgehead atoms. The second-order valence-corrected chi connectivity index (χ2v) is 5.67. The molecule has 3 nitrogen and oxygen atoms in total. The summed E-state index contributed by atoms with van der Waals surface area (Å²) in [6, 6.07) is 1.26. The second-order valence-electron chi connectivity index (χ2n) is 5.67. The molecule has 5 heteroatoms. The standard InChI is InChI=1S/C14H28N2O.2ClH/c1-2-11-17-14-5-3-13(4-6-14)16-9-7-12(15)8-10-16;;/h12-14H,2-11,15H2,1H3;2*1H/t13-,14-;;. The van der Waals surface area contributed by atoms with Crippen molar-refractivity contribution in [1.82, 2.24) is 4.90 Å². The maximum Gasteiger partial charge on any atom is 0.0576 e. The molecular formula is C14H30Cl2N2O. The van der Waals surface area contributed by atoms with E-state index >= 15 is 0 Å². The fourth-order valence-electron chi connectivity index (χ4n) is 3.15. The van der Waals surface area contributed by atoms with Crippen LogP contribution in [-0.4, -0.2) is 42.8 Å². The summed E-state index contributed by atoms with van der Waals surface area (Å²) in [5.74, 6) is 0. The highest BCUT2D eigenvalue weighted by Crippen LogP contribution is 2.27. The molecule has 2 rings (SSSR count). The summed E-state index contributed by atoms with van der Waals surface area (Å²) in [5, 5.41) is 0. The summed E-state index contributed by atoms with van der Waals surface area (Å²) in [6.07, 6.45) is 9.22. The molecule has 0 unspecified atom stereocenters. The van der Waals surface area contributed by atoms with E-state index in [0.717, 1.165) is 19.1 Å².